The Morgan fingerprint density at radius 3 is 2.74 bits per heavy atom. The molecule has 19 heavy (non-hydrogen) atoms. The van der Waals surface area contributed by atoms with Crippen LogP contribution in [0.25, 0.3) is 0 Å². The standard InChI is InChI=1S/C14H13FN2OS/c1-9-3-2-4-13(18)17(9)8-11-7-10(14(16)19)5-6-12(11)15/h2-7H,8H2,1H3,(H2,16,19). The third-order valence-corrected chi connectivity index (χ3v) is 3.16. The average Bonchev–Trinajstić information content (AvgIpc) is 2.35. The second-order valence-electron chi connectivity index (χ2n) is 4.26. The lowest BCUT2D eigenvalue weighted by atomic mass is 10.1. The van der Waals surface area contributed by atoms with Crippen molar-refractivity contribution >= 4 is 17.2 Å². The summed E-state index contributed by atoms with van der Waals surface area (Å²) >= 11 is 4.87. The summed E-state index contributed by atoms with van der Waals surface area (Å²) in [7, 11) is 0. The smallest absolute Gasteiger partial charge is 0.251 e. The number of rotatable bonds is 3. The number of nitrogens with two attached hydrogens (primary N) is 1. The topological polar surface area (TPSA) is 48.0 Å². The molecule has 0 bridgehead atoms. The van der Waals surface area contributed by atoms with Crippen molar-refractivity contribution in [2.45, 2.75) is 13.5 Å². The van der Waals surface area contributed by atoms with Gasteiger partial charge in [-0.1, -0.05) is 18.3 Å². The third-order valence-electron chi connectivity index (χ3n) is 2.93. The molecule has 0 fully saturated rings. The van der Waals surface area contributed by atoms with E-state index in [1.54, 1.807) is 25.1 Å². The number of aryl methyl sites for hydroxylation is 1. The molecule has 0 radical (unpaired) electrons. The quantitative estimate of drug-likeness (QED) is 0.872. The Hall–Kier alpha value is -2.01. The van der Waals surface area contributed by atoms with Gasteiger partial charge in [-0.2, -0.15) is 0 Å². The van der Waals surface area contributed by atoms with Crippen LogP contribution in [0, 0.1) is 12.7 Å². The molecular formula is C14H13FN2OS. The van der Waals surface area contributed by atoms with Crippen LogP contribution in [0.2, 0.25) is 0 Å². The Morgan fingerprint density at radius 2 is 2.11 bits per heavy atom. The highest BCUT2D eigenvalue weighted by Gasteiger charge is 2.08. The number of nitrogens with zero attached hydrogens (tertiary/aromatic N) is 1. The lowest BCUT2D eigenvalue weighted by Gasteiger charge is -2.11. The SMILES string of the molecule is Cc1cccc(=O)n1Cc1cc(C(N)=S)ccc1F. The fourth-order valence-electron chi connectivity index (χ4n) is 1.85. The first kappa shape index (κ1) is 13.4. The minimum absolute atomic E-state index is 0.161. The van der Waals surface area contributed by atoms with E-state index in [1.165, 1.54) is 22.8 Å². The van der Waals surface area contributed by atoms with Crippen molar-refractivity contribution in [3.63, 3.8) is 0 Å². The molecule has 0 saturated carbocycles. The fraction of sp³-hybridized carbons (Fsp3) is 0.143. The molecule has 0 atom stereocenters. The Bertz CT molecular complexity index is 694. The molecule has 0 aliphatic rings. The van der Waals surface area contributed by atoms with Crippen molar-refractivity contribution in [1.29, 1.82) is 0 Å². The maximum Gasteiger partial charge on any atom is 0.251 e. The number of pyridine rings is 1. The summed E-state index contributed by atoms with van der Waals surface area (Å²) in [5.74, 6) is -0.379. The van der Waals surface area contributed by atoms with Gasteiger partial charge < -0.3 is 10.3 Å². The summed E-state index contributed by atoms with van der Waals surface area (Å²) in [4.78, 5) is 12.0. The van der Waals surface area contributed by atoms with Gasteiger partial charge in [0.15, 0.2) is 0 Å². The molecule has 0 unspecified atom stereocenters. The zero-order valence-corrected chi connectivity index (χ0v) is 11.2. The van der Waals surface area contributed by atoms with Crippen molar-refractivity contribution in [3.05, 3.63) is 69.4 Å². The largest absolute Gasteiger partial charge is 0.389 e. The van der Waals surface area contributed by atoms with Crippen LogP contribution in [-0.2, 0) is 6.54 Å². The normalized spacial score (nSPS) is 10.4. The predicted molar refractivity (Wildman–Crippen MR) is 76.8 cm³/mol. The van der Waals surface area contributed by atoms with Crippen molar-refractivity contribution < 1.29 is 4.39 Å². The van der Waals surface area contributed by atoms with E-state index in [-0.39, 0.29) is 22.9 Å². The monoisotopic (exact) mass is 276 g/mol. The molecule has 5 heteroatoms. The molecule has 2 rings (SSSR count). The predicted octanol–water partition coefficient (Wildman–Crippen LogP) is 1.98. The van der Waals surface area contributed by atoms with Crippen LogP contribution in [0.1, 0.15) is 16.8 Å². The summed E-state index contributed by atoms with van der Waals surface area (Å²) in [5, 5.41) is 0. The van der Waals surface area contributed by atoms with E-state index >= 15 is 0 Å². The maximum absolute atomic E-state index is 13.8. The lowest BCUT2D eigenvalue weighted by molar-refractivity contribution is 0.593. The van der Waals surface area contributed by atoms with Crippen molar-refractivity contribution in [3.8, 4) is 0 Å². The molecular weight excluding hydrogens is 263 g/mol. The summed E-state index contributed by atoms with van der Waals surface area (Å²) < 4.78 is 15.3. The van der Waals surface area contributed by atoms with Gasteiger partial charge >= 0.3 is 0 Å². The first-order valence-corrected chi connectivity index (χ1v) is 6.14. The van der Waals surface area contributed by atoms with Gasteiger partial charge in [-0.3, -0.25) is 4.79 Å². The van der Waals surface area contributed by atoms with Crippen molar-refractivity contribution in [2.75, 3.05) is 0 Å². The third kappa shape index (κ3) is 2.88. The van der Waals surface area contributed by atoms with E-state index in [0.717, 1.165) is 5.69 Å². The first-order chi connectivity index (χ1) is 8.99. The summed E-state index contributed by atoms with van der Waals surface area (Å²) in [6.45, 7) is 1.96. The number of benzene rings is 1. The van der Waals surface area contributed by atoms with Gasteiger partial charge in [-0.05, 0) is 31.2 Å². The summed E-state index contributed by atoms with van der Waals surface area (Å²) in [6, 6.07) is 9.35. The highest BCUT2D eigenvalue weighted by atomic mass is 32.1. The van der Waals surface area contributed by atoms with Gasteiger partial charge in [-0.25, -0.2) is 4.39 Å². The van der Waals surface area contributed by atoms with Gasteiger partial charge in [0.1, 0.15) is 10.8 Å². The molecule has 2 N–H and O–H groups in total. The maximum atomic E-state index is 13.8. The van der Waals surface area contributed by atoms with Gasteiger partial charge in [-0.15, -0.1) is 0 Å². The molecule has 2 aromatic rings. The van der Waals surface area contributed by atoms with Crippen molar-refractivity contribution in [2.24, 2.45) is 5.73 Å². The van der Waals surface area contributed by atoms with E-state index in [9.17, 15) is 9.18 Å². The van der Waals surface area contributed by atoms with Crippen LogP contribution < -0.4 is 11.3 Å². The van der Waals surface area contributed by atoms with E-state index in [2.05, 4.69) is 0 Å². The van der Waals surface area contributed by atoms with Gasteiger partial charge in [0.05, 0.1) is 6.54 Å². The van der Waals surface area contributed by atoms with Crippen LogP contribution in [0.5, 0.6) is 0 Å². The second-order valence-corrected chi connectivity index (χ2v) is 4.70. The highest BCUT2D eigenvalue weighted by molar-refractivity contribution is 7.80. The van der Waals surface area contributed by atoms with Crippen LogP contribution >= 0.6 is 12.2 Å². The average molecular weight is 276 g/mol. The van der Waals surface area contributed by atoms with E-state index < -0.39 is 0 Å². The lowest BCUT2D eigenvalue weighted by Crippen LogP contribution is -2.22. The Morgan fingerprint density at radius 1 is 1.37 bits per heavy atom. The number of hydrogen-bond donors (Lipinski definition) is 1. The first-order valence-electron chi connectivity index (χ1n) is 5.73. The molecule has 98 valence electrons. The Balaban J connectivity index is 2.46. The summed E-state index contributed by atoms with van der Waals surface area (Å²) in [5.41, 5.74) is 7.11. The van der Waals surface area contributed by atoms with E-state index in [4.69, 9.17) is 18.0 Å². The van der Waals surface area contributed by atoms with Gasteiger partial charge in [0.2, 0.25) is 0 Å². The molecule has 1 aromatic carbocycles. The molecule has 1 heterocycles. The minimum atomic E-state index is -0.379. The molecule has 0 amide bonds. The van der Waals surface area contributed by atoms with Crippen LogP contribution in [0.3, 0.4) is 0 Å². The molecule has 0 aliphatic heterocycles. The molecule has 1 aromatic heterocycles. The molecule has 0 spiro atoms. The number of thiocarbonyl (C=S) groups is 1. The molecule has 3 nitrogen and oxygen atoms in total. The summed E-state index contributed by atoms with van der Waals surface area (Å²) in [6.07, 6.45) is 0. The Labute approximate surface area is 115 Å². The zero-order valence-electron chi connectivity index (χ0n) is 10.4. The molecule has 0 saturated heterocycles. The van der Waals surface area contributed by atoms with Crippen molar-refractivity contribution in [1.82, 2.24) is 4.57 Å². The van der Waals surface area contributed by atoms with Crippen LogP contribution in [0.15, 0.2) is 41.2 Å². The van der Waals surface area contributed by atoms with Gasteiger partial charge in [0.25, 0.3) is 5.56 Å². The number of aromatic nitrogens is 1. The zero-order chi connectivity index (χ0) is 14.0. The fourth-order valence-corrected chi connectivity index (χ4v) is 1.97. The minimum Gasteiger partial charge on any atom is -0.389 e. The van der Waals surface area contributed by atoms with Gasteiger partial charge in [0, 0.05) is 22.9 Å². The number of hydrogen-bond acceptors (Lipinski definition) is 2. The highest BCUT2D eigenvalue weighted by Crippen LogP contribution is 2.12. The van der Waals surface area contributed by atoms with E-state index in [1.807, 2.05) is 0 Å². The Kier molecular flexibility index (Phi) is 3.76. The van der Waals surface area contributed by atoms with Crippen LogP contribution in [-0.4, -0.2) is 9.56 Å². The van der Waals surface area contributed by atoms with E-state index in [0.29, 0.717) is 11.1 Å². The number of halogens is 1. The second kappa shape index (κ2) is 5.32. The molecule has 0 aliphatic carbocycles. The van der Waals surface area contributed by atoms with Crippen LogP contribution in [0.4, 0.5) is 4.39 Å².